The second-order valence-corrected chi connectivity index (χ2v) is 11.6. The Bertz CT molecular complexity index is 1450. The topological polar surface area (TPSA) is 81.1 Å². The summed E-state index contributed by atoms with van der Waals surface area (Å²) >= 11 is 0. The van der Waals surface area contributed by atoms with Crippen LogP contribution in [0.3, 0.4) is 0 Å². The maximum absolute atomic E-state index is 12.6. The molecule has 0 fully saturated rings. The van der Waals surface area contributed by atoms with Gasteiger partial charge in [-0.25, -0.2) is 13.4 Å². The zero-order valence-corrected chi connectivity index (χ0v) is 21.4. The van der Waals surface area contributed by atoms with Crippen LogP contribution in [0.1, 0.15) is 31.9 Å². The normalized spacial score (nSPS) is 11.8. The summed E-state index contributed by atoms with van der Waals surface area (Å²) in [6.45, 7) is 8.96. The molecular weight excluding hydrogens is 458 g/mol. The Morgan fingerprint density at radius 2 is 1.69 bits per heavy atom. The van der Waals surface area contributed by atoms with E-state index in [-0.39, 0.29) is 23.0 Å². The van der Waals surface area contributed by atoms with Crippen LogP contribution in [0.5, 0.6) is 0 Å². The van der Waals surface area contributed by atoms with Gasteiger partial charge in [0, 0.05) is 17.8 Å². The van der Waals surface area contributed by atoms with E-state index in [1.165, 1.54) is 5.56 Å². The van der Waals surface area contributed by atoms with Gasteiger partial charge in [-0.2, -0.15) is 0 Å². The lowest BCUT2D eigenvalue weighted by atomic mass is 10.1. The highest BCUT2D eigenvalue weighted by Gasteiger charge is 2.15. The van der Waals surface area contributed by atoms with Crippen LogP contribution >= 0.6 is 0 Å². The van der Waals surface area contributed by atoms with Gasteiger partial charge in [-0.15, -0.1) is 0 Å². The highest BCUT2D eigenvalue weighted by Crippen LogP contribution is 2.28. The molecule has 1 heterocycles. The molecule has 4 aromatic rings. The van der Waals surface area contributed by atoms with E-state index in [1.54, 1.807) is 31.2 Å². The van der Waals surface area contributed by atoms with Crippen LogP contribution in [0.2, 0.25) is 0 Å². The monoisotopic (exact) mass is 489 g/mol. The minimum absolute atomic E-state index is 0.0518. The fraction of sp³-hybridized carbons (Fsp3) is 0.286. The molecule has 0 bridgehead atoms. The predicted octanol–water partition coefficient (Wildman–Crippen LogP) is 5.64. The number of nitrogens with zero attached hydrogens (tertiary/aromatic N) is 2. The van der Waals surface area contributed by atoms with Crippen molar-refractivity contribution in [2.75, 3.05) is 11.1 Å². The molecule has 0 atom stereocenters. The number of hydrogen-bond donors (Lipinski definition) is 1. The van der Waals surface area contributed by atoms with E-state index in [9.17, 15) is 13.2 Å². The molecule has 4 rings (SSSR count). The summed E-state index contributed by atoms with van der Waals surface area (Å²) in [7, 11) is -3.25. The lowest BCUT2D eigenvalue weighted by Crippen LogP contribution is -2.14. The molecule has 0 radical (unpaired) electrons. The molecule has 0 saturated carbocycles. The number of aryl methyl sites for hydroxylation is 1. The van der Waals surface area contributed by atoms with Gasteiger partial charge < -0.3 is 9.88 Å². The lowest BCUT2D eigenvalue weighted by Gasteiger charge is -2.13. The van der Waals surface area contributed by atoms with E-state index in [0.29, 0.717) is 11.6 Å². The number of sulfone groups is 1. The fourth-order valence-electron chi connectivity index (χ4n) is 4.08. The first kappa shape index (κ1) is 24.7. The number of nitrogens with one attached hydrogen (secondary N) is 1. The van der Waals surface area contributed by atoms with Crippen LogP contribution in [0.25, 0.3) is 22.4 Å². The molecule has 0 aliphatic rings. The van der Waals surface area contributed by atoms with Gasteiger partial charge in [-0.1, -0.05) is 39.0 Å². The van der Waals surface area contributed by atoms with Crippen LogP contribution in [-0.2, 0) is 27.6 Å². The van der Waals surface area contributed by atoms with E-state index in [0.717, 1.165) is 34.5 Å². The van der Waals surface area contributed by atoms with Gasteiger partial charge in [0.15, 0.2) is 9.84 Å². The standard InChI is InChI=1S/C28H31N3O3S/c1-5-35(33,34)24-13-7-21(8-14-24)17-27(32)29-23-11-9-22(10-12-23)28-30-25-15-6-20(4)16-26(25)31(28)18-19(2)3/h6-16,19H,5,17-18H2,1-4H3,(H,29,32). The van der Waals surface area contributed by atoms with Crippen molar-refractivity contribution in [3.8, 4) is 11.4 Å². The van der Waals surface area contributed by atoms with Crippen LogP contribution in [0.15, 0.2) is 71.6 Å². The first-order chi connectivity index (χ1) is 16.7. The molecule has 3 aromatic carbocycles. The number of benzene rings is 3. The molecule has 35 heavy (non-hydrogen) atoms. The Hall–Kier alpha value is -3.45. The molecule has 0 aliphatic carbocycles. The summed E-state index contributed by atoms with van der Waals surface area (Å²) in [5, 5.41) is 2.92. The average molecular weight is 490 g/mol. The number of imidazole rings is 1. The second-order valence-electron chi connectivity index (χ2n) is 9.28. The van der Waals surface area contributed by atoms with Crippen molar-refractivity contribution in [2.24, 2.45) is 5.92 Å². The van der Waals surface area contributed by atoms with E-state index < -0.39 is 9.84 Å². The van der Waals surface area contributed by atoms with Gasteiger partial charge in [0.2, 0.25) is 5.91 Å². The van der Waals surface area contributed by atoms with Gasteiger partial charge >= 0.3 is 0 Å². The quantitative estimate of drug-likeness (QED) is 0.347. The largest absolute Gasteiger partial charge is 0.326 e. The first-order valence-electron chi connectivity index (χ1n) is 11.8. The van der Waals surface area contributed by atoms with Crippen molar-refractivity contribution in [1.82, 2.24) is 9.55 Å². The molecule has 7 heteroatoms. The number of anilines is 1. The SMILES string of the molecule is CCS(=O)(=O)c1ccc(CC(=O)Nc2ccc(-c3nc4ccc(C)cc4n3CC(C)C)cc2)cc1. The Morgan fingerprint density at radius 1 is 1.00 bits per heavy atom. The highest BCUT2D eigenvalue weighted by atomic mass is 32.2. The van der Waals surface area contributed by atoms with Crippen molar-refractivity contribution < 1.29 is 13.2 Å². The molecule has 0 unspecified atom stereocenters. The number of hydrogen-bond acceptors (Lipinski definition) is 4. The molecule has 182 valence electrons. The zero-order chi connectivity index (χ0) is 25.2. The maximum Gasteiger partial charge on any atom is 0.228 e. The summed E-state index contributed by atoms with van der Waals surface area (Å²) in [5.74, 6) is 1.28. The Balaban J connectivity index is 1.50. The molecule has 0 aliphatic heterocycles. The zero-order valence-electron chi connectivity index (χ0n) is 20.6. The number of carbonyl (C=O) groups excluding carboxylic acids is 1. The van der Waals surface area contributed by atoms with E-state index in [4.69, 9.17) is 4.98 Å². The molecule has 1 amide bonds. The van der Waals surface area contributed by atoms with Gasteiger partial charge in [0.05, 0.1) is 28.1 Å². The molecule has 0 saturated heterocycles. The maximum atomic E-state index is 12.6. The van der Waals surface area contributed by atoms with E-state index in [1.807, 2.05) is 24.3 Å². The van der Waals surface area contributed by atoms with E-state index in [2.05, 4.69) is 48.9 Å². The Labute approximate surface area is 206 Å². The summed E-state index contributed by atoms with van der Waals surface area (Å²) in [4.78, 5) is 17.7. The number of aromatic nitrogens is 2. The fourth-order valence-corrected chi connectivity index (χ4v) is 4.96. The van der Waals surface area contributed by atoms with E-state index >= 15 is 0 Å². The van der Waals surface area contributed by atoms with Crippen LogP contribution in [0, 0.1) is 12.8 Å². The molecule has 1 N–H and O–H groups in total. The van der Waals surface area contributed by atoms with Crippen LogP contribution in [0.4, 0.5) is 5.69 Å². The second kappa shape index (κ2) is 10.0. The molecule has 6 nitrogen and oxygen atoms in total. The molecule has 0 spiro atoms. The van der Waals surface area contributed by atoms with Crippen molar-refractivity contribution >= 4 is 32.5 Å². The highest BCUT2D eigenvalue weighted by molar-refractivity contribution is 7.91. The van der Waals surface area contributed by atoms with Crippen molar-refractivity contribution in [3.63, 3.8) is 0 Å². The number of fused-ring (bicyclic) bond motifs is 1. The minimum Gasteiger partial charge on any atom is -0.326 e. The Kier molecular flexibility index (Phi) is 7.08. The van der Waals surface area contributed by atoms with Crippen molar-refractivity contribution in [2.45, 2.75) is 45.6 Å². The molecule has 1 aromatic heterocycles. The number of rotatable bonds is 8. The van der Waals surface area contributed by atoms with Crippen LogP contribution < -0.4 is 5.32 Å². The van der Waals surface area contributed by atoms with Gasteiger partial charge in [0.25, 0.3) is 0 Å². The number of amides is 1. The van der Waals surface area contributed by atoms with Gasteiger partial charge in [-0.3, -0.25) is 4.79 Å². The molecular formula is C28H31N3O3S. The van der Waals surface area contributed by atoms with Gasteiger partial charge in [-0.05, 0) is 72.5 Å². The minimum atomic E-state index is -3.25. The predicted molar refractivity (Wildman–Crippen MR) is 141 cm³/mol. The van der Waals surface area contributed by atoms with Crippen molar-refractivity contribution in [1.29, 1.82) is 0 Å². The average Bonchev–Trinajstić information content (AvgIpc) is 3.16. The summed E-state index contributed by atoms with van der Waals surface area (Å²) < 4.78 is 26.2. The third kappa shape index (κ3) is 5.62. The smallest absolute Gasteiger partial charge is 0.228 e. The lowest BCUT2D eigenvalue weighted by molar-refractivity contribution is -0.115. The van der Waals surface area contributed by atoms with Crippen molar-refractivity contribution in [3.05, 3.63) is 77.9 Å². The first-order valence-corrected chi connectivity index (χ1v) is 13.5. The Morgan fingerprint density at radius 3 is 2.31 bits per heavy atom. The third-order valence-electron chi connectivity index (χ3n) is 5.91. The van der Waals surface area contributed by atoms with Crippen LogP contribution in [-0.4, -0.2) is 29.6 Å². The third-order valence-corrected chi connectivity index (χ3v) is 7.66. The van der Waals surface area contributed by atoms with Gasteiger partial charge in [0.1, 0.15) is 5.82 Å². The summed E-state index contributed by atoms with van der Waals surface area (Å²) in [5.41, 5.74) is 5.75. The summed E-state index contributed by atoms with van der Waals surface area (Å²) in [6.07, 6.45) is 0.164. The number of carbonyl (C=O) groups is 1. The summed E-state index contributed by atoms with van der Waals surface area (Å²) in [6, 6.07) is 20.5.